The number of piperazine rings is 2. The quantitative estimate of drug-likeness (QED) is 0.385. The van der Waals surface area contributed by atoms with E-state index in [1.54, 1.807) is 11.3 Å². The number of thiazole rings is 1. The Kier molecular flexibility index (Phi) is 8.15. The lowest BCUT2D eigenvalue weighted by atomic mass is 10.2. The van der Waals surface area contributed by atoms with Crippen molar-refractivity contribution in [1.29, 1.82) is 0 Å². The van der Waals surface area contributed by atoms with Crippen molar-refractivity contribution in [3.8, 4) is 0 Å². The van der Waals surface area contributed by atoms with Crippen LogP contribution >= 0.6 is 11.3 Å². The minimum atomic E-state index is 0.702. The molecule has 2 N–H and O–H groups in total. The van der Waals surface area contributed by atoms with Crippen LogP contribution in [-0.2, 0) is 6.54 Å². The van der Waals surface area contributed by atoms with Gasteiger partial charge in [-0.1, -0.05) is 30.3 Å². The number of aliphatic imine (C=N–C) groups is 1. The van der Waals surface area contributed by atoms with Gasteiger partial charge in [0.05, 0.1) is 0 Å². The fourth-order valence-electron chi connectivity index (χ4n) is 4.25. The summed E-state index contributed by atoms with van der Waals surface area (Å²) in [6.07, 6.45) is 4.16. The van der Waals surface area contributed by atoms with Crippen LogP contribution in [0.3, 0.4) is 0 Å². The summed E-state index contributed by atoms with van der Waals surface area (Å²) >= 11 is 1.70. The van der Waals surface area contributed by atoms with Crippen LogP contribution in [0.4, 0.5) is 5.13 Å². The lowest BCUT2D eigenvalue weighted by Gasteiger charge is -2.35. The van der Waals surface area contributed by atoms with Crippen LogP contribution in [0.1, 0.15) is 18.4 Å². The minimum absolute atomic E-state index is 0.702. The summed E-state index contributed by atoms with van der Waals surface area (Å²) in [6.45, 7) is 11.5. The zero-order valence-corrected chi connectivity index (χ0v) is 19.2. The number of guanidine groups is 1. The van der Waals surface area contributed by atoms with Gasteiger partial charge in [0.25, 0.3) is 0 Å². The second-order valence-corrected chi connectivity index (χ2v) is 9.21. The maximum absolute atomic E-state index is 6.24. The molecule has 0 amide bonds. The van der Waals surface area contributed by atoms with Gasteiger partial charge in [-0.2, -0.15) is 0 Å². The van der Waals surface area contributed by atoms with Gasteiger partial charge < -0.3 is 20.4 Å². The van der Waals surface area contributed by atoms with Gasteiger partial charge >= 0.3 is 0 Å². The Morgan fingerprint density at radius 3 is 2.39 bits per heavy atom. The van der Waals surface area contributed by atoms with Gasteiger partial charge in [0.15, 0.2) is 11.1 Å². The average Bonchev–Trinajstić information content (AvgIpc) is 3.36. The van der Waals surface area contributed by atoms with Crippen molar-refractivity contribution < 1.29 is 0 Å². The number of aromatic nitrogens is 1. The van der Waals surface area contributed by atoms with E-state index in [0.29, 0.717) is 5.96 Å². The Balaban J connectivity index is 1.07. The first-order valence-electron chi connectivity index (χ1n) is 11.5. The topological polar surface area (TPSA) is 64.2 Å². The minimum Gasteiger partial charge on any atom is -0.370 e. The molecule has 2 fully saturated rings. The average molecular weight is 442 g/mol. The van der Waals surface area contributed by atoms with E-state index < -0.39 is 0 Å². The van der Waals surface area contributed by atoms with Gasteiger partial charge in [0.1, 0.15) is 0 Å². The molecule has 0 saturated carbocycles. The maximum atomic E-state index is 6.24. The van der Waals surface area contributed by atoms with Crippen molar-refractivity contribution >= 4 is 22.4 Å². The highest BCUT2D eigenvalue weighted by molar-refractivity contribution is 7.13. The van der Waals surface area contributed by atoms with Crippen LogP contribution in [0.25, 0.3) is 0 Å². The second kappa shape index (κ2) is 11.5. The predicted molar refractivity (Wildman–Crippen MR) is 130 cm³/mol. The molecule has 0 aliphatic carbocycles. The Hall–Kier alpha value is -2.16. The molecule has 2 aromatic rings. The van der Waals surface area contributed by atoms with Gasteiger partial charge in [-0.3, -0.25) is 9.89 Å². The summed E-state index contributed by atoms with van der Waals surface area (Å²) in [4.78, 5) is 18.7. The third-order valence-electron chi connectivity index (χ3n) is 6.16. The molecule has 0 atom stereocenters. The van der Waals surface area contributed by atoms with Crippen molar-refractivity contribution in [2.75, 3.05) is 70.3 Å². The van der Waals surface area contributed by atoms with Crippen molar-refractivity contribution in [1.82, 2.24) is 19.7 Å². The molecule has 2 aliphatic heterocycles. The number of nitrogens with zero attached hydrogens (tertiary/aromatic N) is 6. The van der Waals surface area contributed by atoms with Crippen LogP contribution in [0.5, 0.6) is 0 Å². The van der Waals surface area contributed by atoms with Crippen LogP contribution < -0.4 is 10.6 Å². The van der Waals surface area contributed by atoms with Gasteiger partial charge in [-0.15, -0.1) is 11.3 Å². The molecule has 2 aliphatic rings. The summed E-state index contributed by atoms with van der Waals surface area (Å²) < 4.78 is 0. The van der Waals surface area contributed by atoms with Crippen molar-refractivity contribution in [3.63, 3.8) is 0 Å². The third-order valence-corrected chi connectivity index (χ3v) is 7.00. The molecule has 0 bridgehead atoms. The molecular weight excluding hydrogens is 406 g/mol. The lowest BCUT2D eigenvalue weighted by molar-refractivity contribution is 0.126. The molecular formula is C23H35N7S. The first kappa shape index (κ1) is 22.0. The summed E-state index contributed by atoms with van der Waals surface area (Å²) in [5, 5.41) is 3.14. The van der Waals surface area contributed by atoms with E-state index in [4.69, 9.17) is 5.73 Å². The lowest BCUT2D eigenvalue weighted by Crippen LogP contribution is -2.51. The summed E-state index contributed by atoms with van der Waals surface area (Å²) in [7, 11) is 0. The first-order chi connectivity index (χ1) is 15.3. The monoisotopic (exact) mass is 441 g/mol. The largest absolute Gasteiger partial charge is 0.370 e. The van der Waals surface area contributed by atoms with Crippen LogP contribution in [-0.4, -0.2) is 91.1 Å². The summed E-state index contributed by atoms with van der Waals surface area (Å²) in [6, 6.07) is 10.8. The standard InChI is InChI=1S/C23H35N7S/c24-22(29-15-17-30(18-16-29)23-26-9-19-31-23)25-8-4-5-10-27-11-13-28(14-12-27)20-21-6-2-1-3-7-21/h1-3,6-7,9,19H,4-5,8,10-18,20H2,(H2,24,25). The molecule has 168 valence electrons. The number of unbranched alkanes of at least 4 members (excludes halogenated alkanes) is 1. The Labute approximate surface area is 190 Å². The van der Waals surface area contributed by atoms with Crippen LogP contribution in [0, 0.1) is 0 Å². The molecule has 0 radical (unpaired) electrons. The Bertz CT molecular complexity index is 780. The van der Waals surface area contributed by atoms with E-state index in [9.17, 15) is 0 Å². The van der Waals surface area contributed by atoms with Crippen molar-refractivity contribution in [3.05, 3.63) is 47.5 Å². The molecule has 1 aromatic heterocycles. The van der Waals surface area contributed by atoms with E-state index >= 15 is 0 Å². The van der Waals surface area contributed by atoms with Gasteiger partial charge in [-0.25, -0.2) is 4.98 Å². The maximum Gasteiger partial charge on any atom is 0.191 e. The molecule has 3 heterocycles. The Morgan fingerprint density at radius 1 is 0.935 bits per heavy atom. The van der Waals surface area contributed by atoms with E-state index in [1.165, 1.54) is 31.6 Å². The van der Waals surface area contributed by atoms with Crippen LogP contribution in [0.15, 0.2) is 46.9 Å². The third kappa shape index (κ3) is 6.66. The number of hydrogen-bond donors (Lipinski definition) is 1. The molecule has 2 saturated heterocycles. The van der Waals surface area contributed by atoms with Crippen molar-refractivity contribution in [2.24, 2.45) is 10.7 Å². The number of hydrogen-bond acceptors (Lipinski definition) is 6. The fraction of sp³-hybridized carbons (Fsp3) is 0.565. The van der Waals surface area contributed by atoms with Crippen molar-refractivity contribution in [2.45, 2.75) is 19.4 Å². The second-order valence-electron chi connectivity index (χ2n) is 8.34. The summed E-state index contributed by atoms with van der Waals surface area (Å²) in [5.74, 6) is 0.702. The normalized spacial score (nSPS) is 19.2. The highest BCUT2D eigenvalue weighted by Crippen LogP contribution is 2.18. The smallest absolute Gasteiger partial charge is 0.191 e. The first-order valence-corrected chi connectivity index (χ1v) is 12.3. The number of nitrogens with two attached hydrogens (primary N) is 1. The molecule has 4 rings (SSSR count). The van der Waals surface area contributed by atoms with E-state index in [1.807, 2.05) is 11.6 Å². The van der Waals surface area contributed by atoms with Gasteiger partial charge in [-0.05, 0) is 24.9 Å². The fourth-order valence-corrected chi connectivity index (χ4v) is 4.95. The molecule has 8 heteroatoms. The highest BCUT2D eigenvalue weighted by atomic mass is 32.1. The van der Waals surface area contributed by atoms with E-state index in [2.05, 4.69) is 59.9 Å². The van der Waals surface area contributed by atoms with Gasteiger partial charge in [0.2, 0.25) is 0 Å². The zero-order valence-electron chi connectivity index (χ0n) is 18.4. The Morgan fingerprint density at radius 2 is 1.68 bits per heavy atom. The summed E-state index contributed by atoms with van der Waals surface area (Å²) in [5.41, 5.74) is 7.66. The molecule has 31 heavy (non-hydrogen) atoms. The SMILES string of the molecule is NC(=NCCCCN1CCN(Cc2ccccc2)CC1)N1CCN(c2nccs2)CC1. The molecule has 1 aromatic carbocycles. The molecule has 7 nitrogen and oxygen atoms in total. The highest BCUT2D eigenvalue weighted by Gasteiger charge is 2.20. The number of benzene rings is 1. The number of anilines is 1. The van der Waals surface area contributed by atoms with Crippen LogP contribution in [0.2, 0.25) is 0 Å². The number of rotatable bonds is 8. The van der Waals surface area contributed by atoms with E-state index in [0.717, 1.165) is 63.9 Å². The molecule has 0 unspecified atom stereocenters. The molecule has 0 spiro atoms. The zero-order chi connectivity index (χ0) is 21.3. The van der Waals surface area contributed by atoms with E-state index in [-0.39, 0.29) is 0 Å². The predicted octanol–water partition coefficient (Wildman–Crippen LogP) is 2.18. The van der Waals surface area contributed by atoms with Gasteiger partial charge in [0, 0.05) is 77.0 Å².